The minimum absolute atomic E-state index is 0.146. The second-order valence-corrected chi connectivity index (χ2v) is 4.04. The Morgan fingerprint density at radius 1 is 1.53 bits per heavy atom. The fourth-order valence-electron chi connectivity index (χ4n) is 1.52. The van der Waals surface area contributed by atoms with E-state index in [2.05, 4.69) is 10.3 Å². The molecule has 0 bridgehead atoms. The Kier molecular flexibility index (Phi) is 5.02. The van der Waals surface area contributed by atoms with Gasteiger partial charge in [0, 0.05) is 30.5 Å². The predicted molar refractivity (Wildman–Crippen MR) is 62.0 cm³/mol. The van der Waals surface area contributed by atoms with Gasteiger partial charge in [0.15, 0.2) is 0 Å². The molecule has 0 saturated carbocycles. The van der Waals surface area contributed by atoms with Crippen molar-refractivity contribution in [1.29, 1.82) is 0 Å². The van der Waals surface area contributed by atoms with E-state index in [1.165, 1.54) is 0 Å². The van der Waals surface area contributed by atoms with Crippen LogP contribution in [0.25, 0.3) is 0 Å². The van der Waals surface area contributed by atoms with Gasteiger partial charge in [-0.2, -0.15) is 0 Å². The van der Waals surface area contributed by atoms with E-state index >= 15 is 0 Å². The Morgan fingerprint density at radius 3 is 2.87 bits per heavy atom. The summed E-state index contributed by atoms with van der Waals surface area (Å²) in [5.41, 5.74) is 0.990. The van der Waals surface area contributed by atoms with Gasteiger partial charge in [-0.3, -0.25) is 0 Å². The van der Waals surface area contributed by atoms with Gasteiger partial charge in [-0.25, -0.2) is 4.98 Å². The summed E-state index contributed by atoms with van der Waals surface area (Å²) in [6, 6.07) is 4.24. The van der Waals surface area contributed by atoms with Crippen molar-refractivity contribution >= 4 is 11.6 Å². The van der Waals surface area contributed by atoms with Crippen molar-refractivity contribution in [2.75, 3.05) is 6.61 Å². The molecule has 0 saturated heterocycles. The first kappa shape index (κ1) is 12.4. The van der Waals surface area contributed by atoms with E-state index in [1.807, 2.05) is 26.0 Å². The summed E-state index contributed by atoms with van der Waals surface area (Å²) >= 11 is 5.98. The number of aliphatic hydroxyl groups excluding tert-OH is 1. The van der Waals surface area contributed by atoms with Crippen molar-refractivity contribution in [2.45, 2.75) is 32.4 Å². The van der Waals surface area contributed by atoms with Crippen LogP contribution >= 0.6 is 11.6 Å². The summed E-state index contributed by atoms with van der Waals surface area (Å²) in [6.45, 7) is 4.27. The fourth-order valence-corrected chi connectivity index (χ4v) is 1.80. The molecule has 2 atom stereocenters. The van der Waals surface area contributed by atoms with Crippen molar-refractivity contribution in [1.82, 2.24) is 10.3 Å². The first-order valence-corrected chi connectivity index (χ1v) is 5.50. The Balaban J connectivity index is 2.61. The highest BCUT2D eigenvalue weighted by molar-refractivity contribution is 6.30. The molecule has 3 nitrogen and oxygen atoms in total. The van der Waals surface area contributed by atoms with Crippen LogP contribution in [-0.2, 0) is 0 Å². The summed E-state index contributed by atoms with van der Waals surface area (Å²) in [5.74, 6) is 0. The molecule has 0 aliphatic carbocycles. The molecule has 0 spiro atoms. The van der Waals surface area contributed by atoms with Crippen LogP contribution in [0.3, 0.4) is 0 Å². The van der Waals surface area contributed by atoms with Gasteiger partial charge in [-0.05, 0) is 26.3 Å². The molecule has 1 aromatic heterocycles. The number of hydrogen-bond acceptors (Lipinski definition) is 3. The zero-order chi connectivity index (χ0) is 11.3. The molecule has 2 N–H and O–H groups in total. The monoisotopic (exact) mass is 228 g/mol. The molecule has 0 aliphatic rings. The number of nitrogens with zero attached hydrogens (tertiary/aromatic N) is 1. The van der Waals surface area contributed by atoms with Crippen molar-refractivity contribution in [2.24, 2.45) is 0 Å². The average molecular weight is 229 g/mol. The maximum absolute atomic E-state index is 8.80. The van der Waals surface area contributed by atoms with E-state index in [4.69, 9.17) is 16.7 Å². The van der Waals surface area contributed by atoms with Crippen molar-refractivity contribution < 1.29 is 5.11 Å². The van der Waals surface area contributed by atoms with E-state index in [0.717, 1.165) is 12.0 Å². The van der Waals surface area contributed by atoms with Gasteiger partial charge >= 0.3 is 0 Å². The largest absolute Gasteiger partial charge is 0.396 e. The van der Waals surface area contributed by atoms with Crippen molar-refractivity contribution in [3.8, 4) is 0 Å². The van der Waals surface area contributed by atoms with Crippen LogP contribution in [0.1, 0.15) is 31.9 Å². The van der Waals surface area contributed by atoms with Gasteiger partial charge in [-0.15, -0.1) is 0 Å². The molecule has 0 fully saturated rings. The van der Waals surface area contributed by atoms with Crippen LogP contribution in [0.15, 0.2) is 18.3 Å². The second kappa shape index (κ2) is 6.05. The van der Waals surface area contributed by atoms with Crippen LogP contribution in [0.2, 0.25) is 5.15 Å². The quantitative estimate of drug-likeness (QED) is 0.760. The van der Waals surface area contributed by atoms with Gasteiger partial charge in [0.25, 0.3) is 0 Å². The Hall–Kier alpha value is -0.640. The molecule has 0 aromatic carbocycles. The van der Waals surface area contributed by atoms with Crippen LogP contribution in [0.5, 0.6) is 0 Å². The van der Waals surface area contributed by atoms with Crippen LogP contribution in [0.4, 0.5) is 0 Å². The molecule has 1 heterocycles. The van der Waals surface area contributed by atoms with Gasteiger partial charge in [-0.1, -0.05) is 17.7 Å². The number of hydrogen-bond donors (Lipinski definition) is 2. The minimum atomic E-state index is 0.146. The Labute approximate surface area is 95.5 Å². The molecule has 15 heavy (non-hydrogen) atoms. The molecule has 84 valence electrons. The molecule has 4 heteroatoms. The molecular weight excluding hydrogens is 212 g/mol. The zero-order valence-electron chi connectivity index (χ0n) is 9.07. The summed E-state index contributed by atoms with van der Waals surface area (Å²) in [5, 5.41) is 12.7. The second-order valence-electron chi connectivity index (χ2n) is 3.69. The lowest BCUT2D eigenvalue weighted by atomic mass is 10.1. The number of halogens is 1. The number of rotatable bonds is 5. The molecule has 0 radical (unpaired) electrons. The number of aromatic nitrogens is 1. The van der Waals surface area contributed by atoms with Crippen LogP contribution < -0.4 is 5.32 Å². The zero-order valence-corrected chi connectivity index (χ0v) is 9.83. The fraction of sp³-hybridized carbons (Fsp3) is 0.545. The maximum atomic E-state index is 8.80. The Bertz CT molecular complexity index is 306. The summed E-state index contributed by atoms with van der Waals surface area (Å²) in [6.07, 6.45) is 2.41. The number of nitrogens with one attached hydrogen (secondary N) is 1. The van der Waals surface area contributed by atoms with Crippen molar-refractivity contribution in [3.63, 3.8) is 0 Å². The molecular formula is C11H17ClN2O. The van der Waals surface area contributed by atoms with Gasteiger partial charge in [0.2, 0.25) is 0 Å². The summed E-state index contributed by atoms with van der Waals surface area (Å²) in [7, 11) is 0. The first-order chi connectivity index (χ1) is 7.15. The van der Waals surface area contributed by atoms with E-state index < -0.39 is 0 Å². The molecule has 0 amide bonds. The molecule has 1 rings (SSSR count). The molecule has 2 unspecified atom stereocenters. The lowest BCUT2D eigenvalue weighted by Crippen LogP contribution is -2.29. The highest BCUT2D eigenvalue weighted by atomic mass is 35.5. The third kappa shape index (κ3) is 3.78. The first-order valence-electron chi connectivity index (χ1n) is 5.12. The average Bonchev–Trinajstić information content (AvgIpc) is 2.18. The molecule has 0 aliphatic heterocycles. The lowest BCUT2D eigenvalue weighted by molar-refractivity contribution is 0.264. The SMILES string of the molecule is CC(CCO)NC(C)c1cccnc1Cl. The van der Waals surface area contributed by atoms with Crippen LogP contribution in [0, 0.1) is 0 Å². The van der Waals surface area contributed by atoms with Crippen LogP contribution in [-0.4, -0.2) is 22.7 Å². The van der Waals surface area contributed by atoms with E-state index in [1.54, 1.807) is 6.20 Å². The highest BCUT2D eigenvalue weighted by Crippen LogP contribution is 2.20. The standard InChI is InChI=1S/C11H17ClN2O/c1-8(5-7-15)14-9(2)10-4-3-6-13-11(10)12/h3-4,6,8-9,14-15H,5,7H2,1-2H3. The number of pyridine rings is 1. The third-order valence-electron chi connectivity index (χ3n) is 2.35. The van der Waals surface area contributed by atoms with Gasteiger partial charge < -0.3 is 10.4 Å². The Morgan fingerprint density at radius 2 is 2.27 bits per heavy atom. The topological polar surface area (TPSA) is 45.1 Å². The van der Waals surface area contributed by atoms with Gasteiger partial charge in [0.05, 0.1) is 0 Å². The highest BCUT2D eigenvalue weighted by Gasteiger charge is 2.12. The summed E-state index contributed by atoms with van der Waals surface area (Å²) in [4.78, 5) is 4.03. The van der Waals surface area contributed by atoms with E-state index in [-0.39, 0.29) is 18.7 Å². The van der Waals surface area contributed by atoms with E-state index in [0.29, 0.717) is 5.15 Å². The van der Waals surface area contributed by atoms with E-state index in [9.17, 15) is 0 Å². The van der Waals surface area contributed by atoms with Gasteiger partial charge in [0.1, 0.15) is 5.15 Å². The summed E-state index contributed by atoms with van der Waals surface area (Å²) < 4.78 is 0. The predicted octanol–water partition coefficient (Wildman–Crippen LogP) is 2.16. The third-order valence-corrected chi connectivity index (χ3v) is 2.67. The molecule has 1 aromatic rings. The lowest BCUT2D eigenvalue weighted by Gasteiger charge is -2.20. The smallest absolute Gasteiger partial charge is 0.133 e. The maximum Gasteiger partial charge on any atom is 0.133 e. The minimum Gasteiger partial charge on any atom is -0.396 e. The van der Waals surface area contributed by atoms with Crippen molar-refractivity contribution in [3.05, 3.63) is 29.0 Å². The number of aliphatic hydroxyl groups is 1. The normalized spacial score (nSPS) is 14.9.